The van der Waals surface area contributed by atoms with Crippen molar-refractivity contribution in [3.63, 3.8) is 0 Å². The highest BCUT2D eigenvalue weighted by Crippen LogP contribution is 2.38. The van der Waals surface area contributed by atoms with Crippen molar-refractivity contribution in [3.8, 4) is 0 Å². The molecule has 398 valence electrons. The fraction of sp³-hybridized carbons (Fsp3) is 0.914. The van der Waals surface area contributed by atoms with Crippen LogP contribution in [-0.2, 0) is 18.4 Å². The van der Waals surface area contributed by atoms with Crippen LogP contribution in [0.2, 0.25) is 0 Å². The molecule has 0 saturated heterocycles. The Balaban J connectivity index is 4.03. The first kappa shape index (κ1) is 66.0. The Morgan fingerprint density at radius 2 is 0.836 bits per heavy atom. The molecule has 0 fully saturated rings. The first-order valence-electron chi connectivity index (χ1n) is 29.2. The van der Waals surface area contributed by atoms with Crippen molar-refractivity contribution in [2.45, 2.75) is 302 Å². The maximum atomic E-state index is 12.9. The number of amides is 1. The number of hydrogen-bond acceptors (Lipinski definition) is 6. The van der Waals surface area contributed by atoms with E-state index in [4.69, 9.17) is 9.05 Å². The highest BCUT2D eigenvalue weighted by atomic mass is 31.2. The second-order valence-electron chi connectivity index (χ2n) is 21.4. The number of aliphatic hydroxyl groups is 1. The van der Waals surface area contributed by atoms with E-state index in [1.807, 2.05) is 27.2 Å². The highest BCUT2D eigenvalue weighted by molar-refractivity contribution is 7.45. The van der Waals surface area contributed by atoms with E-state index >= 15 is 0 Å². The molecule has 0 aliphatic heterocycles. The van der Waals surface area contributed by atoms with Crippen molar-refractivity contribution >= 4 is 13.7 Å². The molecule has 0 aromatic carbocycles. The van der Waals surface area contributed by atoms with E-state index in [0.29, 0.717) is 17.4 Å². The highest BCUT2D eigenvalue weighted by Gasteiger charge is 2.23. The summed E-state index contributed by atoms with van der Waals surface area (Å²) < 4.78 is 23.3. The van der Waals surface area contributed by atoms with Gasteiger partial charge in [0.15, 0.2) is 0 Å². The Bertz CT molecular complexity index is 1140. The third-order valence-corrected chi connectivity index (χ3v) is 14.4. The van der Waals surface area contributed by atoms with Gasteiger partial charge in [-0.1, -0.05) is 276 Å². The van der Waals surface area contributed by atoms with Crippen LogP contribution in [-0.4, -0.2) is 68.5 Å². The lowest BCUT2D eigenvalue weighted by Gasteiger charge is -2.29. The van der Waals surface area contributed by atoms with Gasteiger partial charge in [-0.15, -0.1) is 0 Å². The average Bonchev–Trinajstić information content (AvgIpc) is 3.29. The smallest absolute Gasteiger partial charge is 0.268 e. The molecule has 67 heavy (non-hydrogen) atoms. The summed E-state index contributed by atoms with van der Waals surface area (Å²) in [7, 11) is 1.26. The Morgan fingerprint density at radius 1 is 0.507 bits per heavy atom. The summed E-state index contributed by atoms with van der Waals surface area (Å²) in [6.07, 6.45) is 62.8. The second-order valence-corrected chi connectivity index (χ2v) is 22.8. The molecule has 0 aliphatic rings. The van der Waals surface area contributed by atoms with Crippen LogP contribution < -0.4 is 10.2 Å². The number of rotatable bonds is 54. The number of hydrogen-bond donors (Lipinski definition) is 2. The monoisotopic (exact) mass is 967 g/mol. The maximum absolute atomic E-state index is 12.9. The Morgan fingerprint density at radius 3 is 1.21 bits per heavy atom. The number of carbonyl (C=O) groups excluding carboxylic acids is 1. The van der Waals surface area contributed by atoms with E-state index < -0.39 is 20.0 Å². The summed E-state index contributed by atoms with van der Waals surface area (Å²) in [5, 5.41) is 13.8. The normalized spacial score (nSPS) is 14.1. The van der Waals surface area contributed by atoms with Crippen LogP contribution in [0.4, 0.5) is 0 Å². The average molecular weight is 968 g/mol. The van der Waals surface area contributed by atoms with Crippen molar-refractivity contribution in [1.29, 1.82) is 0 Å². The van der Waals surface area contributed by atoms with E-state index in [1.54, 1.807) is 6.08 Å². The Labute approximate surface area is 417 Å². The number of phosphoric ester groups is 1. The number of nitrogens with zero attached hydrogens (tertiary/aromatic N) is 1. The topological polar surface area (TPSA) is 108 Å². The number of phosphoric acid groups is 1. The van der Waals surface area contributed by atoms with Crippen molar-refractivity contribution in [3.05, 3.63) is 24.3 Å². The van der Waals surface area contributed by atoms with Crippen LogP contribution in [0.25, 0.3) is 0 Å². The number of likely N-dealkylation sites (N-methyl/N-ethyl adjacent to an activating group) is 1. The fourth-order valence-electron chi connectivity index (χ4n) is 8.82. The van der Waals surface area contributed by atoms with Gasteiger partial charge in [0.05, 0.1) is 39.9 Å². The quantitative estimate of drug-likeness (QED) is 0.0272. The lowest BCUT2D eigenvalue weighted by atomic mass is 10.0. The van der Waals surface area contributed by atoms with Crippen LogP contribution in [0.15, 0.2) is 24.3 Å². The van der Waals surface area contributed by atoms with Gasteiger partial charge in [-0.2, -0.15) is 0 Å². The lowest BCUT2D eigenvalue weighted by molar-refractivity contribution is -0.870. The van der Waals surface area contributed by atoms with Crippen LogP contribution in [0.5, 0.6) is 0 Å². The Kier molecular flexibility index (Phi) is 49.2. The zero-order chi connectivity index (χ0) is 49.2. The molecule has 0 heterocycles. The van der Waals surface area contributed by atoms with E-state index in [1.165, 1.54) is 231 Å². The van der Waals surface area contributed by atoms with Crippen LogP contribution >= 0.6 is 7.82 Å². The predicted octanol–water partition coefficient (Wildman–Crippen LogP) is 17.0. The van der Waals surface area contributed by atoms with Crippen molar-refractivity contribution in [2.75, 3.05) is 40.9 Å². The molecule has 0 aromatic rings. The first-order chi connectivity index (χ1) is 32.5. The van der Waals surface area contributed by atoms with Crippen molar-refractivity contribution in [2.24, 2.45) is 0 Å². The molecule has 0 bridgehead atoms. The first-order valence-corrected chi connectivity index (χ1v) is 30.7. The number of unbranched alkanes of at least 4 members (excludes halogenated alkanes) is 39. The molecule has 0 radical (unpaired) electrons. The molecular formula is C58H115N2O6P. The number of allylic oxidation sites excluding steroid dienone is 3. The summed E-state index contributed by atoms with van der Waals surface area (Å²) in [6.45, 7) is 4.65. The van der Waals surface area contributed by atoms with E-state index in [-0.39, 0.29) is 19.1 Å². The van der Waals surface area contributed by atoms with Gasteiger partial charge >= 0.3 is 0 Å². The largest absolute Gasteiger partial charge is 0.756 e. The fourth-order valence-corrected chi connectivity index (χ4v) is 9.54. The van der Waals surface area contributed by atoms with Gasteiger partial charge in [-0.3, -0.25) is 9.36 Å². The Hall–Kier alpha value is -1.02. The van der Waals surface area contributed by atoms with Crippen molar-refractivity contribution in [1.82, 2.24) is 5.32 Å². The summed E-state index contributed by atoms with van der Waals surface area (Å²) in [5.74, 6) is -0.202. The molecule has 3 unspecified atom stereocenters. The summed E-state index contributed by atoms with van der Waals surface area (Å²) in [6, 6.07) is -0.899. The molecule has 3 atom stereocenters. The van der Waals surface area contributed by atoms with Gasteiger partial charge in [0, 0.05) is 6.42 Å². The number of quaternary nitrogens is 1. The predicted molar refractivity (Wildman–Crippen MR) is 289 cm³/mol. The SMILES string of the molecule is CCCCCCCCCC/C=C/CC/C=C/C(O)C(COP(=O)([O-])OCC[N+](C)(C)C)NC(=O)CCCCCCCCCCCCCCCCCCCCCCCCCCCCCCCCC. The van der Waals surface area contributed by atoms with E-state index in [0.717, 1.165) is 38.5 Å². The molecule has 0 rings (SSSR count). The minimum absolute atomic E-state index is 0.00394. The van der Waals surface area contributed by atoms with Gasteiger partial charge in [0.1, 0.15) is 13.2 Å². The van der Waals surface area contributed by atoms with Crippen molar-refractivity contribution < 1.29 is 32.9 Å². The van der Waals surface area contributed by atoms with Crippen LogP contribution in [0, 0.1) is 0 Å². The molecule has 0 aliphatic carbocycles. The summed E-state index contributed by atoms with van der Waals surface area (Å²) in [4.78, 5) is 25.4. The minimum atomic E-state index is -4.60. The number of nitrogens with one attached hydrogen (secondary N) is 1. The molecular weight excluding hydrogens is 852 g/mol. The number of carbonyl (C=O) groups is 1. The molecule has 0 aromatic heterocycles. The van der Waals surface area contributed by atoms with Gasteiger partial charge in [0.25, 0.3) is 7.82 Å². The standard InChI is InChI=1S/C58H115N2O6P/c1-6-8-10-12-14-16-18-20-22-23-24-25-26-27-28-29-30-31-32-33-34-35-36-37-38-40-42-44-46-48-50-52-58(62)59-56(55-66-67(63,64)65-54-53-60(3,4)5)57(61)51-49-47-45-43-41-39-21-19-17-15-13-11-9-7-2/h41,43,49,51,56-57,61H,6-40,42,44-48,50,52-55H2,1-5H3,(H-,59,62,63,64)/b43-41+,51-49+. The minimum Gasteiger partial charge on any atom is -0.756 e. The van der Waals surface area contributed by atoms with Gasteiger partial charge in [-0.05, 0) is 32.1 Å². The van der Waals surface area contributed by atoms with E-state index in [9.17, 15) is 19.4 Å². The third kappa shape index (κ3) is 52.6. The molecule has 1 amide bonds. The zero-order valence-electron chi connectivity index (χ0n) is 45.4. The number of aliphatic hydroxyl groups excluding tert-OH is 1. The zero-order valence-corrected chi connectivity index (χ0v) is 46.3. The van der Waals surface area contributed by atoms with Crippen LogP contribution in [0.1, 0.15) is 290 Å². The van der Waals surface area contributed by atoms with Gasteiger partial charge in [0.2, 0.25) is 5.91 Å². The lowest BCUT2D eigenvalue weighted by Crippen LogP contribution is -2.45. The molecule has 0 saturated carbocycles. The summed E-state index contributed by atoms with van der Waals surface area (Å²) >= 11 is 0. The van der Waals surface area contributed by atoms with Gasteiger partial charge in [-0.25, -0.2) is 0 Å². The molecule has 0 spiro atoms. The maximum Gasteiger partial charge on any atom is 0.268 e. The van der Waals surface area contributed by atoms with E-state index in [2.05, 4.69) is 31.3 Å². The summed E-state index contributed by atoms with van der Waals surface area (Å²) in [5.41, 5.74) is 0. The molecule has 9 heteroatoms. The molecule has 8 nitrogen and oxygen atoms in total. The van der Waals surface area contributed by atoms with Gasteiger partial charge < -0.3 is 28.8 Å². The second kappa shape index (κ2) is 49.9. The third-order valence-electron chi connectivity index (χ3n) is 13.4. The molecule has 2 N–H and O–H groups in total. The van der Waals surface area contributed by atoms with Crippen LogP contribution in [0.3, 0.4) is 0 Å².